The summed E-state index contributed by atoms with van der Waals surface area (Å²) in [6.45, 7) is 3.54. The molecule has 0 aliphatic carbocycles. The van der Waals surface area contributed by atoms with Crippen LogP contribution in [0.25, 0.3) is 0 Å². The Morgan fingerprint density at radius 1 is 1.14 bits per heavy atom. The van der Waals surface area contributed by atoms with E-state index in [0.717, 1.165) is 50.7 Å². The fourth-order valence-corrected chi connectivity index (χ4v) is 3.30. The number of nitrogen functional groups attached to an aromatic ring is 1. The zero-order chi connectivity index (χ0) is 15.5. The lowest BCUT2D eigenvalue weighted by Gasteiger charge is -2.32. The molecular formula is C15H23N5O2. The van der Waals surface area contributed by atoms with Gasteiger partial charge in [0.1, 0.15) is 12.0 Å². The summed E-state index contributed by atoms with van der Waals surface area (Å²) in [5, 5.41) is 0. The van der Waals surface area contributed by atoms with Gasteiger partial charge in [0.05, 0.1) is 13.0 Å². The quantitative estimate of drug-likeness (QED) is 0.835. The summed E-state index contributed by atoms with van der Waals surface area (Å²) < 4.78 is 4.83. The Labute approximate surface area is 130 Å². The number of methoxy groups -OCH3 is 1. The van der Waals surface area contributed by atoms with E-state index in [1.807, 2.05) is 0 Å². The summed E-state index contributed by atoms with van der Waals surface area (Å²) in [7, 11) is 1.44. The molecule has 7 nitrogen and oxygen atoms in total. The van der Waals surface area contributed by atoms with Gasteiger partial charge >= 0.3 is 5.97 Å². The normalized spacial score (nSPS) is 19.5. The first kappa shape index (κ1) is 14.9. The van der Waals surface area contributed by atoms with Gasteiger partial charge in [0, 0.05) is 26.2 Å². The summed E-state index contributed by atoms with van der Waals surface area (Å²) in [6.07, 6.45) is 5.50. The van der Waals surface area contributed by atoms with E-state index in [4.69, 9.17) is 10.5 Å². The van der Waals surface area contributed by atoms with Crippen LogP contribution in [0.2, 0.25) is 0 Å². The third-order valence-electron chi connectivity index (χ3n) is 4.58. The van der Waals surface area contributed by atoms with Gasteiger partial charge in [0.15, 0.2) is 11.6 Å². The average molecular weight is 305 g/mol. The molecule has 0 saturated carbocycles. The number of piperidine rings is 1. The van der Waals surface area contributed by atoms with Crippen molar-refractivity contribution in [2.24, 2.45) is 5.92 Å². The van der Waals surface area contributed by atoms with E-state index in [1.54, 1.807) is 6.33 Å². The monoisotopic (exact) mass is 305 g/mol. The topological polar surface area (TPSA) is 84.6 Å². The maximum atomic E-state index is 11.6. The van der Waals surface area contributed by atoms with E-state index in [9.17, 15) is 4.79 Å². The second kappa shape index (κ2) is 6.37. The number of nitrogens with zero attached hydrogens (tertiary/aromatic N) is 4. The Hall–Kier alpha value is -2.05. The van der Waals surface area contributed by atoms with Crippen molar-refractivity contribution in [2.75, 3.05) is 48.8 Å². The lowest BCUT2D eigenvalue weighted by atomic mass is 9.97. The van der Waals surface area contributed by atoms with Crippen LogP contribution in [-0.4, -0.2) is 49.2 Å². The van der Waals surface area contributed by atoms with Crippen molar-refractivity contribution in [3.05, 3.63) is 6.33 Å². The zero-order valence-electron chi connectivity index (χ0n) is 13.0. The molecule has 0 radical (unpaired) electrons. The van der Waals surface area contributed by atoms with Crippen molar-refractivity contribution in [1.82, 2.24) is 9.97 Å². The van der Waals surface area contributed by atoms with E-state index in [2.05, 4.69) is 19.8 Å². The maximum Gasteiger partial charge on any atom is 0.308 e. The Kier molecular flexibility index (Phi) is 4.31. The summed E-state index contributed by atoms with van der Waals surface area (Å²) >= 11 is 0. The molecule has 0 amide bonds. The molecular weight excluding hydrogens is 282 g/mol. The zero-order valence-corrected chi connectivity index (χ0v) is 13.0. The van der Waals surface area contributed by atoms with Crippen LogP contribution in [-0.2, 0) is 9.53 Å². The first-order valence-electron chi connectivity index (χ1n) is 7.89. The van der Waals surface area contributed by atoms with Crippen molar-refractivity contribution in [1.29, 1.82) is 0 Å². The van der Waals surface area contributed by atoms with Gasteiger partial charge in [-0.2, -0.15) is 0 Å². The first-order valence-corrected chi connectivity index (χ1v) is 7.89. The third-order valence-corrected chi connectivity index (χ3v) is 4.58. The van der Waals surface area contributed by atoms with E-state index in [-0.39, 0.29) is 11.9 Å². The second-order valence-electron chi connectivity index (χ2n) is 5.91. The molecule has 2 N–H and O–H groups in total. The molecule has 2 aliphatic heterocycles. The molecule has 0 aromatic carbocycles. The molecule has 0 atom stereocenters. The van der Waals surface area contributed by atoms with Gasteiger partial charge in [0.25, 0.3) is 0 Å². The molecule has 0 bridgehead atoms. The Morgan fingerprint density at radius 2 is 1.68 bits per heavy atom. The summed E-state index contributed by atoms with van der Waals surface area (Å²) in [6, 6.07) is 0. The molecule has 2 saturated heterocycles. The number of esters is 1. The number of hydrogen-bond acceptors (Lipinski definition) is 7. The fourth-order valence-electron chi connectivity index (χ4n) is 3.30. The van der Waals surface area contributed by atoms with Crippen LogP contribution < -0.4 is 15.5 Å². The number of hydrogen-bond donors (Lipinski definition) is 1. The number of carbonyl (C=O) groups excluding carboxylic acids is 1. The molecule has 1 aromatic heterocycles. The molecule has 22 heavy (non-hydrogen) atoms. The SMILES string of the molecule is COC(=O)C1CCN(c2ncnc(N3CCCC3)c2N)CC1. The first-order chi connectivity index (χ1) is 10.7. The minimum absolute atomic E-state index is 0.0117. The van der Waals surface area contributed by atoms with Crippen LogP contribution in [0.3, 0.4) is 0 Å². The predicted octanol–water partition coefficient (Wildman–Crippen LogP) is 1.05. The van der Waals surface area contributed by atoms with Crippen molar-refractivity contribution in [3.63, 3.8) is 0 Å². The smallest absolute Gasteiger partial charge is 0.308 e. The number of carbonyl (C=O) groups is 1. The van der Waals surface area contributed by atoms with Crippen LogP contribution in [0, 0.1) is 5.92 Å². The molecule has 0 unspecified atom stereocenters. The van der Waals surface area contributed by atoms with Crippen molar-refractivity contribution >= 4 is 23.3 Å². The molecule has 120 valence electrons. The highest BCUT2D eigenvalue weighted by Gasteiger charge is 2.28. The Morgan fingerprint density at radius 3 is 2.23 bits per heavy atom. The van der Waals surface area contributed by atoms with Gasteiger partial charge in [-0.25, -0.2) is 9.97 Å². The fraction of sp³-hybridized carbons (Fsp3) is 0.667. The minimum Gasteiger partial charge on any atom is -0.469 e. The highest BCUT2D eigenvalue weighted by Crippen LogP contribution is 2.33. The second-order valence-corrected chi connectivity index (χ2v) is 5.91. The van der Waals surface area contributed by atoms with Crippen LogP contribution in [0.4, 0.5) is 17.3 Å². The third kappa shape index (κ3) is 2.80. The van der Waals surface area contributed by atoms with Gasteiger partial charge < -0.3 is 20.3 Å². The van der Waals surface area contributed by atoms with Gasteiger partial charge in [-0.05, 0) is 25.7 Å². The predicted molar refractivity (Wildman–Crippen MR) is 84.8 cm³/mol. The summed E-state index contributed by atoms with van der Waals surface area (Å²) in [5.74, 6) is 1.51. The summed E-state index contributed by atoms with van der Waals surface area (Å²) in [5.41, 5.74) is 6.97. The standard InChI is InChI=1S/C15H23N5O2/c1-22-15(21)11-4-8-20(9-5-11)14-12(16)13(17-10-18-14)19-6-2-3-7-19/h10-11H,2-9,16H2,1H3. The van der Waals surface area contributed by atoms with Crippen LogP contribution in [0.15, 0.2) is 6.33 Å². The van der Waals surface area contributed by atoms with Crippen LogP contribution >= 0.6 is 0 Å². The average Bonchev–Trinajstić information content (AvgIpc) is 3.09. The molecule has 7 heteroatoms. The highest BCUT2D eigenvalue weighted by molar-refractivity contribution is 5.77. The Bertz CT molecular complexity index is 537. The van der Waals surface area contributed by atoms with Gasteiger partial charge in [-0.3, -0.25) is 4.79 Å². The highest BCUT2D eigenvalue weighted by atomic mass is 16.5. The van der Waals surface area contributed by atoms with Crippen molar-refractivity contribution in [2.45, 2.75) is 25.7 Å². The van der Waals surface area contributed by atoms with Crippen LogP contribution in [0.5, 0.6) is 0 Å². The molecule has 3 rings (SSSR count). The van der Waals surface area contributed by atoms with E-state index in [1.165, 1.54) is 20.0 Å². The number of rotatable bonds is 3. The Balaban J connectivity index is 1.73. The molecule has 3 heterocycles. The number of ether oxygens (including phenoxy) is 1. The largest absolute Gasteiger partial charge is 0.469 e. The van der Waals surface area contributed by atoms with Crippen molar-refractivity contribution in [3.8, 4) is 0 Å². The minimum atomic E-state index is -0.118. The molecule has 1 aromatic rings. The number of anilines is 3. The van der Waals surface area contributed by atoms with Crippen molar-refractivity contribution < 1.29 is 9.53 Å². The van der Waals surface area contributed by atoms with E-state index >= 15 is 0 Å². The molecule has 0 spiro atoms. The number of nitrogens with two attached hydrogens (primary N) is 1. The maximum absolute atomic E-state index is 11.6. The van der Waals surface area contributed by atoms with E-state index in [0.29, 0.717) is 5.69 Å². The summed E-state index contributed by atoms with van der Waals surface area (Å²) in [4.78, 5) is 24.7. The molecule has 2 fully saturated rings. The van der Waals surface area contributed by atoms with Gasteiger partial charge in [0.2, 0.25) is 0 Å². The van der Waals surface area contributed by atoms with Crippen LogP contribution in [0.1, 0.15) is 25.7 Å². The van der Waals surface area contributed by atoms with Gasteiger partial charge in [-0.15, -0.1) is 0 Å². The lowest BCUT2D eigenvalue weighted by Crippen LogP contribution is -2.38. The lowest BCUT2D eigenvalue weighted by molar-refractivity contribution is -0.146. The number of aromatic nitrogens is 2. The van der Waals surface area contributed by atoms with E-state index < -0.39 is 0 Å². The van der Waals surface area contributed by atoms with Gasteiger partial charge in [-0.1, -0.05) is 0 Å². The molecule has 2 aliphatic rings.